The highest BCUT2D eigenvalue weighted by atomic mass is 16.5. The predicted octanol–water partition coefficient (Wildman–Crippen LogP) is 2.87. The van der Waals surface area contributed by atoms with Crippen LogP contribution in [-0.4, -0.2) is 43.6 Å². The van der Waals surface area contributed by atoms with E-state index in [-0.39, 0.29) is 5.69 Å². The van der Waals surface area contributed by atoms with Crippen LogP contribution in [0.3, 0.4) is 0 Å². The number of hydrogen-bond donors (Lipinski definition) is 2. The Morgan fingerprint density at radius 3 is 2.39 bits per heavy atom. The molecule has 1 amide bonds. The molecular formula is C20H20N4O4. The van der Waals surface area contributed by atoms with Gasteiger partial charge in [-0.3, -0.25) is 9.89 Å². The summed E-state index contributed by atoms with van der Waals surface area (Å²) in [4.78, 5) is 12.3. The minimum atomic E-state index is -0.406. The molecule has 3 rings (SSSR count). The first-order chi connectivity index (χ1) is 13.6. The highest BCUT2D eigenvalue weighted by Crippen LogP contribution is 2.32. The van der Waals surface area contributed by atoms with Crippen molar-refractivity contribution in [3.63, 3.8) is 0 Å². The Morgan fingerprint density at radius 1 is 1.00 bits per heavy atom. The second kappa shape index (κ2) is 8.72. The van der Waals surface area contributed by atoms with E-state index in [1.807, 2.05) is 30.3 Å². The fourth-order valence-corrected chi connectivity index (χ4v) is 2.50. The number of carbonyl (C=O) groups excluding carboxylic acids is 1. The fraction of sp³-hybridized carbons (Fsp3) is 0.150. The molecule has 8 heteroatoms. The first kappa shape index (κ1) is 19.0. The van der Waals surface area contributed by atoms with Gasteiger partial charge in [0.25, 0.3) is 5.91 Å². The summed E-state index contributed by atoms with van der Waals surface area (Å²) in [6.45, 7) is 0. The maximum atomic E-state index is 12.3. The van der Waals surface area contributed by atoms with Crippen LogP contribution in [0.5, 0.6) is 17.2 Å². The molecule has 1 heterocycles. The number of benzene rings is 2. The van der Waals surface area contributed by atoms with E-state index in [1.165, 1.54) is 0 Å². The Bertz CT molecular complexity index is 980. The number of rotatable bonds is 7. The van der Waals surface area contributed by atoms with Gasteiger partial charge >= 0.3 is 0 Å². The minimum Gasteiger partial charge on any atom is -0.497 e. The zero-order valence-electron chi connectivity index (χ0n) is 15.7. The quantitative estimate of drug-likeness (QED) is 0.485. The van der Waals surface area contributed by atoms with Crippen molar-refractivity contribution in [2.75, 3.05) is 21.3 Å². The Morgan fingerprint density at radius 2 is 1.71 bits per heavy atom. The molecule has 0 saturated heterocycles. The normalized spacial score (nSPS) is 10.7. The molecule has 2 aromatic carbocycles. The van der Waals surface area contributed by atoms with Crippen LogP contribution in [0.2, 0.25) is 0 Å². The van der Waals surface area contributed by atoms with Gasteiger partial charge in [0.05, 0.1) is 33.2 Å². The topological polar surface area (TPSA) is 97.8 Å². The predicted molar refractivity (Wildman–Crippen MR) is 105 cm³/mol. The molecule has 0 bridgehead atoms. The number of carbonyl (C=O) groups is 1. The van der Waals surface area contributed by atoms with E-state index in [4.69, 9.17) is 14.2 Å². The maximum absolute atomic E-state index is 12.3. The molecule has 0 aliphatic heterocycles. The van der Waals surface area contributed by atoms with Crippen molar-refractivity contribution in [1.82, 2.24) is 15.6 Å². The van der Waals surface area contributed by atoms with Crippen LogP contribution >= 0.6 is 0 Å². The molecule has 1 aromatic heterocycles. The zero-order valence-corrected chi connectivity index (χ0v) is 15.7. The molecule has 28 heavy (non-hydrogen) atoms. The van der Waals surface area contributed by atoms with Gasteiger partial charge in [0.15, 0.2) is 0 Å². The molecule has 0 aliphatic carbocycles. The van der Waals surface area contributed by atoms with Crippen LogP contribution in [0.15, 0.2) is 53.6 Å². The second-order valence-electron chi connectivity index (χ2n) is 5.71. The van der Waals surface area contributed by atoms with Crippen molar-refractivity contribution in [3.8, 4) is 28.5 Å². The van der Waals surface area contributed by atoms with Crippen molar-refractivity contribution in [2.24, 2.45) is 5.10 Å². The average molecular weight is 380 g/mol. The Balaban J connectivity index is 1.69. The van der Waals surface area contributed by atoms with E-state index < -0.39 is 5.91 Å². The third-order valence-corrected chi connectivity index (χ3v) is 4.00. The summed E-state index contributed by atoms with van der Waals surface area (Å²) in [6.07, 6.45) is 1.54. The fourth-order valence-electron chi connectivity index (χ4n) is 2.50. The lowest BCUT2D eigenvalue weighted by molar-refractivity contribution is 0.0950. The van der Waals surface area contributed by atoms with E-state index >= 15 is 0 Å². The lowest BCUT2D eigenvalue weighted by atomic mass is 10.1. The largest absolute Gasteiger partial charge is 0.497 e. The molecule has 0 fully saturated rings. The number of aromatic nitrogens is 2. The monoisotopic (exact) mass is 380 g/mol. The molecule has 0 unspecified atom stereocenters. The number of amides is 1. The third-order valence-electron chi connectivity index (χ3n) is 4.00. The summed E-state index contributed by atoms with van der Waals surface area (Å²) < 4.78 is 15.7. The van der Waals surface area contributed by atoms with Crippen molar-refractivity contribution >= 4 is 12.1 Å². The summed E-state index contributed by atoms with van der Waals surface area (Å²) in [7, 11) is 4.74. The van der Waals surface area contributed by atoms with Gasteiger partial charge in [-0.1, -0.05) is 0 Å². The molecule has 3 aromatic rings. The minimum absolute atomic E-state index is 0.278. The van der Waals surface area contributed by atoms with Crippen molar-refractivity contribution in [1.29, 1.82) is 0 Å². The van der Waals surface area contributed by atoms with E-state index in [0.717, 1.165) is 16.9 Å². The number of methoxy groups -OCH3 is 3. The van der Waals surface area contributed by atoms with Crippen molar-refractivity contribution in [3.05, 3.63) is 59.8 Å². The van der Waals surface area contributed by atoms with Gasteiger partial charge in [-0.15, -0.1) is 0 Å². The van der Waals surface area contributed by atoms with Gasteiger partial charge in [0, 0.05) is 11.6 Å². The first-order valence-electron chi connectivity index (χ1n) is 8.40. The van der Waals surface area contributed by atoms with Gasteiger partial charge in [-0.05, 0) is 48.0 Å². The molecule has 144 valence electrons. The Labute approximate surface area is 162 Å². The molecule has 0 radical (unpaired) electrons. The number of ether oxygens (including phenoxy) is 3. The number of H-pyrrole nitrogens is 1. The van der Waals surface area contributed by atoms with Gasteiger partial charge < -0.3 is 14.2 Å². The van der Waals surface area contributed by atoms with Gasteiger partial charge in [0.1, 0.15) is 22.9 Å². The van der Waals surface area contributed by atoms with E-state index in [1.54, 1.807) is 45.7 Å². The SMILES string of the molecule is COc1ccc(C=NNC(=O)c2cc(-c3ccc(OC)cc3OC)n[nH]2)cc1. The number of aromatic amines is 1. The summed E-state index contributed by atoms with van der Waals surface area (Å²) in [5.41, 5.74) is 4.88. The van der Waals surface area contributed by atoms with Crippen molar-refractivity contribution in [2.45, 2.75) is 0 Å². The third kappa shape index (κ3) is 4.29. The highest BCUT2D eigenvalue weighted by Gasteiger charge is 2.14. The number of nitrogens with one attached hydrogen (secondary N) is 2. The summed E-state index contributed by atoms with van der Waals surface area (Å²) in [6, 6.07) is 14.3. The smallest absolute Gasteiger partial charge is 0.289 e. The molecule has 0 spiro atoms. The molecular weight excluding hydrogens is 360 g/mol. The van der Waals surface area contributed by atoms with Gasteiger partial charge in [-0.25, -0.2) is 5.43 Å². The Hall–Kier alpha value is -3.81. The average Bonchev–Trinajstić information content (AvgIpc) is 3.23. The summed E-state index contributed by atoms with van der Waals surface area (Å²) in [5.74, 6) is 1.61. The summed E-state index contributed by atoms with van der Waals surface area (Å²) >= 11 is 0. The zero-order chi connectivity index (χ0) is 19.9. The van der Waals surface area contributed by atoms with Crippen LogP contribution in [-0.2, 0) is 0 Å². The van der Waals surface area contributed by atoms with Crippen LogP contribution < -0.4 is 19.6 Å². The lowest BCUT2D eigenvalue weighted by Gasteiger charge is -2.08. The molecule has 0 atom stereocenters. The van der Waals surface area contributed by atoms with Crippen LogP contribution in [0, 0.1) is 0 Å². The summed E-state index contributed by atoms with van der Waals surface area (Å²) in [5, 5.41) is 10.9. The van der Waals surface area contributed by atoms with Gasteiger partial charge in [0.2, 0.25) is 0 Å². The van der Waals surface area contributed by atoms with Crippen LogP contribution in [0.1, 0.15) is 16.1 Å². The van der Waals surface area contributed by atoms with Crippen molar-refractivity contribution < 1.29 is 19.0 Å². The molecule has 0 aliphatic rings. The highest BCUT2D eigenvalue weighted by molar-refractivity contribution is 5.94. The lowest BCUT2D eigenvalue weighted by Crippen LogP contribution is -2.17. The Kier molecular flexibility index (Phi) is 5.91. The molecule has 8 nitrogen and oxygen atoms in total. The molecule has 0 saturated carbocycles. The second-order valence-corrected chi connectivity index (χ2v) is 5.71. The number of hydrazone groups is 1. The first-order valence-corrected chi connectivity index (χ1v) is 8.40. The van der Waals surface area contributed by atoms with E-state index in [9.17, 15) is 4.79 Å². The van der Waals surface area contributed by atoms with Crippen LogP contribution in [0.4, 0.5) is 0 Å². The van der Waals surface area contributed by atoms with Crippen LogP contribution in [0.25, 0.3) is 11.3 Å². The van der Waals surface area contributed by atoms with E-state index in [2.05, 4.69) is 20.7 Å². The number of nitrogens with zero attached hydrogens (tertiary/aromatic N) is 2. The molecule has 2 N–H and O–H groups in total. The van der Waals surface area contributed by atoms with Gasteiger partial charge in [-0.2, -0.15) is 10.2 Å². The standard InChI is InChI=1S/C20H20N4O4/c1-26-14-6-4-13(5-7-14)12-21-24-20(25)18-11-17(22-23-18)16-9-8-15(27-2)10-19(16)28-3/h4-12H,1-3H3,(H,22,23)(H,24,25). The van der Waals surface area contributed by atoms with E-state index in [0.29, 0.717) is 17.2 Å². The maximum Gasteiger partial charge on any atom is 0.289 e. The number of hydrogen-bond acceptors (Lipinski definition) is 6.